The van der Waals surface area contributed by atoms with Crippen LogP contribution in [0.15, 0.2) is 24.3 Å². The second-order valence-corrected chi connectivity index (χ2v) is 8.95. The van der Waals surface area contributed by atoms with E-state index < -0.39 is 0 Å². The predicted molar refractivity (Wildman–Crippen MR) is 123 cm³/mol. The molecule has 10 heteroatoms. The number of hydrogen-bond donors (Lipinski definition) is 0. The number of piperidine rings is 1. The van der Waals surface area contributed by atoms with Crippen molar-refractivity contribution in [3.8, 4) is 0 Å². The lowest BCUT2D eigenvalue weighted by molar-refractivity contribution is -0.136. The van der Waals surface area contributed by atoms with E-state index >= 15 is 0 Å². The molecule has 0 unspecified atom stereocenters. The summed E-state index contributed by atoms with van der Waals surface area (Å²) in [6.45, 7) is 6.13. The Labute approximate surface area is 198 Å². The molecule has 0 saturated carbocycles. The number of carbonyl (C=O) groups is 2. The minimum absolute atomic E-state index is 0.0245. The van der Waals surface area contributed by atoms with Crippen LogP contribution in [0.3, 0.4) is 0 Å². The van der Waals surface area contributed by atoms with Crippen molar-refractivity contribution in [1.29, 1.82) is 0 Å². The minimum Gasteiger partial charge on any atom is -0.378 e. The zero-order chi connectivity index (χ0) is 23.2. The van der Waals surface area contributed by atoms with Crippen molar-refractivity contribution in [2.24, 2.45) is 5.92 Å². The van der Waals surface area contributed by atoms with E-state index in [4.69, 9.17) is 16.3 Å². The highest BCUT2D eigenvalue weighted by atomic mass is 35.5. The van der Waals surface area contributed by atoms with Gasteiger partial charge in [-0.1, -0.05) is 17.7 Å². The molecule has 2 saturated heterocycles. The molecule has 2 amide bonds. The van der Waals surface area contributed by atoms with Crippen LogP contribution in [0.5, 0.6) is 0 Å². The number of tetrazole rings is 1. The Hall–Kier alpha value is -2.78. The molecule has 0 radical (unpaired) electrons. The lowest BCUT2D eigenvalue weighted by Gasteiger charge is -2.33. The number of likely N-dealkylation sites (tertiary alicyclic amines) is 1. The number of hydrogen-bond acceptors (Lipinski definition) is 6. The maximum absolute atomic E-state index is 12.8. The number of rotatable bonds is 6. The highest BCUT2D eigenvalue weighted by Gasteiger charge is 2.26. The van der Waals surface area contributed by atoms with Gasteiger partial charge in [0.05, 0.1) is 19.8 Å². The summed E-state index contributed by atoms with van der Waals surface area (Å²) in [5.41, 5.74) is 1.79. The molecule has 3 heterocycles. The van der Waals surface area contributed by atoms with Gasteiger partial charge < -0.3 is 14.5 Å². The first-order chi connectivity index (χ1) is 16.0. The molecule has 1 aromatic carbocycles. The molecule has 2 aliphatic rings. The van der Waals surface area contributed by atoms with Gasteiger partial charge in [0.2, 0.25) is 11.8 Å². The summed E-state index contributed by atoms with van der Waals surface area (Å²) in [5.74, 6) is 1.10. The second-order valence-electron chi connectivity index (χ2n) is 8.51. The van der Waals surface area contributed by atoms with E-state index in [9.17, 15) is 9.59 Å². The average molecular weight is 473 g/mol. The Kier molecular flexibility index (Phi) is 7.72. The second kappa shape index (κ2) is 10.9. The fraction of sp³-hybridized carbons (Fsp3) is 0.522. The van der Waals surface area contributed by atoms with E-state index in [0.29, 0.717) is 69.1 Å². The third-order valence-corrected chi connectivity index (χ3v) is 6.36. The molecule has 1 aromatic heterocycles. The zero-order valence-electron chi connectivity index (χ0n) is 18.8. The number of benzene rings is 1. The lowest BCUT2D eigenvalue weighted by Crippen LogP contribution is -2.43. The van der Waals surface area contributed by atoms with Crippen molar-refractivity contribution in [2.45, 2.75) is 32.7 Å². The Morgan fingerprint density at radius 2 is 1.91 bits per heavy atom. The molecule has 0 aliphatic carbocycles. The third-order valence-electron chi connectivity index (χ3n) is 6.13. The first kappa shape index (κ1) is 23.4. The highest BCUT2D eigenvalue weighted by Crippen LogP contribution is 2.23. The molecular formula is C23H29ClN6O3. The summed E-state index contributed by atoms with van der Waals surface area (Å²) in [7, 11) is 0. The standard InChI is InChI=1S/C23H29ClN6O3/c1-17-25-27-30(26-17)16-20-15-21(24)4-2-19(20)3-5-22(31)28-8-6-18(7-9-28)14-23(32)29-10-12-33-13-11-29/h2-5,15,18H,6-14,16H2,1H3. The monoisotopic (exact) mass is 472 g/mol. The van der Waals surface area contributed by atoms with E-state index in [-0.39, 0.29) is 11.8 Å². The fourth-order valence-electron chi connectivity index (χ4n) is 4.23. The zero-order valence-corrected chi connectivity index (χ0v) is 19.6. The SMILES string of the molecule is Cc1nnn(Cc2cc(Cl)ccc2C=CC(=O)N2CCC(CC(=O)N3CCOCC3)CC2)n1. The largest absolute Gasteiger partial charge is 0.378 e. The molecule has 2 fully saturated rings. The number of ether oxygens (including phenoxy) is 1. The Morgan fingerprint density at radius 1 is 1.15 bits per heavy atom. The Balaban J connectivity index is 1.31. The fourth-order valence-corrected chi connectivity index (χ4v) is 4.42. The summed E-state index contributed by atoms with van der Waals surface area (Å²) in [6, 6.07) is 5.53. The molecule has 9 nitrogen and oxygen atoms in total. The molecule has 4 rings (SSSR count). The van der Waals surface area contributed by atoms with Crippen LogP contribution in [-0.4, -0.2) is 81.2 Å². The van der Waals surface area contributed by atoms with Gasteiger partial charge in [0.15, 0.2) is 5.82 Å². The maximum Gasteiger partial charge on any atom is 0.246 e. The average Bonchev–Trinajstić information content (AvgIpc) is 3.24. The number of nitrogens with zero attached hydrogens (tertiary/aromatic N) is 6. The molecule has 2 aliphatic heterocycles. The van der Waals surface area contributed by atoms with Gasteiger partial charge in [-0.3, -0.25) is 9.59 Å². The van der Waals surface area contributed by atoms with Crippen molar-refractivity contribution >= 4 is 29.5 Å². The van der Waals surface area contributed by atoms with Crippen LogP contribution in [0, 0.1) is 12.8 Å². The van der Waals surface area contributed by atoms with Crippen LogP contribution >= 0.6 is 11.6 Å². The van der Waals surface area contributed by atoms with Gasteiger partial charge in [0.25, 0.3) is 0 Å². The topological polar surface area (TPSA) is 93.5 Å². The van der Waals surface area contributed by atoms with Crippen LogP contribution in [0.4, 0.5) is 0 Å². The number of carbonyl (C=O) groups excluding carboxylic acids is 2. The van der Waals surface area contributed by atoms with Gasteiger partial charge in [0, 0.05) is 43.7 Å². The molecule has 0 bridgehead atoms. The normalized spacial score (nSPS) is 17.6. The van der Waals surface area contributed by atoms with E-state index in [1.807, 2.05) is 28.0 Å². The summed E-state index contributed by atoms with van der Waals surface area (Å²) in [4.78, 5) is 30.5. The molecule has 176 valence electrons. The smallest absolute Gasteiger partial charge is 0.246 e. The van der Waals surface area contributed by atoms with Crippen LogP contribution in [-0.2, 0) is 20.9 Å². The molecule has 2 aromatic rings. The first-order valence-corrected chi connectivity index (χ1v) is 11.7. The van der Waals surface area contributed by atoms with E-state index in [1.54, 1.807) is 19.1 Å². The molecule has 0 atom stereocenters. The van der Waals surface area contributed by atoms with Gasteiger partial charge in [-0.2, -0.15) is 4.80 Å². The molecule has 0 N–H and O–H groups in total. The summed E-state index contributed by atoms with van der Waals surface area (Å²) in [5, 5.41) is 12.7. The lowest BCUT2D eigenvalue weighted by atomic mass is 9.92. The quantitative estimate of drug-likeness (QED) is 0.598. The Bertz CT molecular complexity index is 1010. The number of halogens is 1. The molecule has 0 spiro atoms. The van der Waals surface area contributed by atoms with E-state index in [2.05, 4.69) is 15.4 Å². The van der Waals surface area contributed by atoms with Crippen molar-refractivity contribution in [3.05, 3.63) is 46.2 Å². The highest BCUT2D eigenvalue weighted by molar-refractivity contribution is 6.30. The van der Waals surface area contributed by atoms with Crippen molar-refractivity contribution in [1.82, 2.24) is 30.0 Å². The summed E-state index contributed by atoms with van der Waals surface area (Å²) >= 11 is 6.17. The summed E-state index contributed by atoms with van der Waals surface area (Å²) < 4.78 is 5.32. The summed E-state index contributed by atoms with van der Waals surface area (Å²) in [6.07, 6.45) is 5.66. The Morgan fingerprint density at radius 3 is 2.61 bits per heavy atom. The minimum atomic E-state index is -0.0245. The van der Waals surface area contributed by atoms with Crippen molar-refractivity contribution < 1.29 is 14.3 Å². The number of aryl methyl sites for hydroxylation is 1. The van der Waals surface area contributed by atoms with Crippen LogP contribution in [0.25, 0.3) is 6.08 Å². The van der Waals surface area contributed by atoms with Gasteiger partial charge in [0.1, 0.15) is 0 Å². The molecule has 33 heavy (non-hydrogen) atoms. The third kappa shape index (κ3) is 6.39. The number of amides is 2. The number of morpholine rings is 1. The maximum atomic E-state index is 12.8. The first-order valence-electron chi connectivity index (χ1n) is 11.3. The van der Waals surface area contributed by atoms with E-state index in [1.165, 1.54) is 4.80 Å². The van der Waals surface area contributed by atoms with Crippen LogP contribution in [0.1, 0.15) is 36.2 Å². The van der Waals surface area contributed by atoms with Crippen LogP contribution in [0.2, 0.25) is 5.02 Å². The number of aromatic nitrogens is 4. The van der Waals surface area contributed by atoms with Crippen molar-refractivity contribution in [3.63, 3.8) is 0 Å². The van der Waals surface area contributed by atoms with E-state index in [0.717, 1.165) is 24.0 Å². The van der Waals surface area contributed by atoms with Gasteiger partial charge in [-0.25, -0.2) is 0 Å². The molecular weight excluding hydrogens is 444 g/mol. The van der Waals surface area contributed by atoms with Crippen molar-refractivity contribution in [2.75, 3.05) is 39.4 Å². The van der Waals surface area contributed by atoms with Gasteiger partial charge >= 0.3 is 0 Å². The van der Waals surface area contributed by atoms with Gasteiger partial charge in [-0.05, 0) is 60.2 Å². The predicted octanol–water partition coefficient (Wildman–Crippen LogP) is 2.18. The van der Waals surface area contributed by atoms with Gasteiger partial charge in [-0.15, -0.1) is 10.2 Å². The van der Waals surface area contributed by atoms with Crippen LogP contribution < -0.4 is 0 Å².